The van der Waals surface area contributed by atoms with E-state index in [4.69, 9.17) is 5.73 Å². The summed E-state index contributed by atoms with van der Waals surface area (Å²) in [5.41, 5.74) is 6.97. The lowest BCUT2D eigenvalue weighted by atomic mass is 9.95. The van der Waals surface area contributed by atoms with Gasteiger partial charge in [-0.3, -0.25) is 9.59 Å². The van der Waals surface area contributed by atoms with Gasteiger partial charge in [-0.15, -0.1) is 0 Å². The minimum absolute atomic E-state index is 0.0634. The van der Waals surface area contributed by atoms with Gasteiger partial charge >= 0.3 is 0 Å². The van der Waals surface area contributed by atoms with Crippen molar-refractivity contribution in [3.05, 3.63) is 23.8 Å². The molecule has 1 aromatic carbocycles. The molecule has 2 rings (SSSR count). The zero-order valence-corrected chi connectivity index (χ0v) is 13.0. The second-order valence-electron chi connectivity index (χ2n) is 6.84. The monoisotopic (exact) mass is 289 g/mol. The molecule has 5 nitrogen and oxygen atoms in total. The van der Waals surface area contributed by atoms with Crippen LogP contribution in [0, 0.1) is 12.3 Å². The van der Waals surface area contributed by atoms with E-state index in [2.05, 4.69) is 10.6 Å². The number of rotatable bonds is 3. The fraction of sp³-hybridized carbons (Fsp3) is 0.500. The van der Waals surface area contributed by atoms with Crippen LogP contribution in [0.4, 0.5) is 11.4 Å². The number of amides is 2. The Morgan fingerprint density at radius 2 is 1.81 bits per heavy atom. The maximum absolute atomic E-state index is 12.1. The molecule has 0 aromatic heterocycles. The lowest BCUT2D eigenvalue weighted by molar-refractivity contribution is -0.123. The van der Waals surface area contributed by atoms with E-state index in [1.165, 1.54) is 0 Å². The summed E-state index contributed by atoms with van der Waals surface area (Å²) in [4.78, 5) is 24.0. The number of carbonyl (C=O) groups excluding carboxylic acids is 2. The lowest BCUT2D eigenvalue weighted by Gasteiger charge is -2.19. The van der Waals surface area contributed by atoms with E-state index < -0.39 is 11.0 Å². The molecule has 0 atom stereocenters. The van der Waals surface area contributed by atoms with Gasteiger partial charge in [0, 0.05) is 16.8 Å². The Balaban J connectivity index is 2.14. The highest BCUT2D eigenvalue weighted by Crippen LogP contribution is 2.33. The number of anilines is 2. The maximum Gasteiger partial charge on any atom is 0.244 e. The highest BCUT2D eigenvalue weighted by molar-refractivity contribution is 6.01. The lowest BCUT2D eigenvalue weighted by Crippen LogP contribution is -2.37. The van der Waals surface area contributed by atoms with Crippen LogP contribution < -0.4 is 16.4 Å². The summed E-state index contributed by atoms with van der Waals surface area (Å²) in [6, 6.07) is 5.44. The Hall–Kier alpha value is -1.88. The summed E-state index contributed by atoms with van der Waals surface area (Å²) in [6.45, 7) is 7.48. The molecule has 0 aliphatic heterocycles. The first-order valence-electron chi connectivity index (χ1n) is 7.14. The third-order valence-corrected chi connectivity index (χ3v) is 3.67. The zero-order chi connectivity index (χ0) is 15.8. The molecular weight excluding hydrogens is 266 g/mol. The fourth-order valence-electron chi connectivity index (χ4n) is 1.76. The van der Waals surface area contributed by atoms with Crippen LogP contribution in [0.25, 0.3) is 0 Å². The third kappa shape index (κ3) is 3.61. The van der Waals surface area contributed by atoms with Crippen molar-refractivity contribution in [3.8, 4) is 0 Å². The van der Waals surface area contributed by atoms with Crippen LogP contribution >= 0.6 is 0 Å². The fourth-order valence-corrected chi connectivity index (χ4v) is 1.76. The SMILES string of the molecule is Cc1ccc(NC(=O)C2(N)CC2)cc1NC(=O)C(C)(C)C. The van der Waals surface area contributed by atoms with E-state index in [0.29, 0.717) is 11.4 Å². The van der Waals surface area contributed by atoms with E-state index in [1.807, 2.05) is 39.8 Å². The molecule has 4 N–H and O–H groups in total. The van der Waals surface area contributed by atoms with E-state index >= 15 is 0 Å². The molecule has 21 heavy (non-hydrogen) atoms. The van der Waals surface area contributed by atoms with Crippen LogP contribution in [0.5, 0.6) is 0 Å². The van der Waals surface area contributed by atoms with Gasteiger partial charge in [0.25, 0.3) is 0 Å². The quantitative estimate of drug-likeness (QED) is 0.799. The molecule has 1 aliphatic carbocycles. The summed E-state index contributed by atoms with van der Waals surface area (Å²) in [7, 11) is 0. The van der Waals surface area contributed by atoms with Crippen LogP contribution in [0.2, 0.25) is 0 Å². The van der Waals surface area contributed by atoms with Crippen molar-refractivity contribution in [2.24, 2.45) is 11.1 Å². The molecule has 114 valence electrons. The van der Waals surface area contributed by atoms with Gasteiger partial charge in [0.15, 0.2) is 0 Å². The van der Waals surface area contributed by atoms with E-state index in [9.17, 15) is 9.59 Å². The van der Waals surface area contributed by atoms with Crippen molar-refractivity contribution in [3.63, 3.8) is 0 Å². The topological polar surface area (TPSA) is 84.2 Å². The van der Waals surface area contributed by atoms with Crippen LogP contribution in [0.1, 0.15) is 39.2 Å². The Morgan fingerprint density at radius 1 is 1.19 bits per heavy atom. The number of benzene rings is 1. The average molecular weight is 289 g/mol. The summed E-state index contributed by atoms with van der Waals surface area (Å²) in [5.74, 6) is -0.231. The standard InChI is InChI=1S/C16H23N3O2/c1-10-5-6-11(18-14(21)16(17)7-8-16)9-12(10)19-13(20)15(2,3)4/h5-6,9H,7-8,17H2,1-4H3,(H,18,21)(H,19,20). The number of nitrogens with two attached hydrogens (primary N) is 1. The molecule has 0 spiro atoms. The Bertz CT molecular complexity index is 584. The van der Waals surface area contributed by atoms with Crippen molar-refractivity contribution in [2.75, 3.05) is 10.6 Å². The van der Waals surface area contributed by atoms with Crippen LogP contribution in [-0.2, 0) is 9.59 Å². The van der Waals surface area contributed by atoms with Crippen molar-refractivity contribution >= 4 is 23.2 Å². The molecule has 1 aliphatic rings. The molecular formula is C16H23N3O2. The van der Waals surface area contributed by atoms with Crippen molar-refractivity contribution in [1.82, 2.24) is 0 Å². The Morgan fingerprint density at radius 3 is 2.33 bits per heavy atom. The molecule has 0 heterocycles. The van der Waals surface area contributed by atoms with Gasteiger partial charge in [-0.25, -0.2) is 0 Å². The smallest absolute Gasteiger partial charge is 0.244 e. The molecule has 1 aromatic rings. The molecule has 0 bridgehead atoms. The molecule has 1 fully saturated rings. The third-order valence-electron chi connectivity index (χ3n) is 3.67. The van der Waals surface area contributed by atoms with Gasteiger partial charge in [-0.05, 0) is 37.5 Å². The zero-order valence-electron chi connectivity index (χ0n) is 13.0. The number of aryl methyl sites for hydroxylation is 1. The van der Waals surface area contributed by atoms with Gasteiger partial charge in [-0.1, -0.05) is 26.8 Å². The predicted molar refractivity (Wildman–Crippen MR) is 84.0 cm³/mol. The molecule has 5 heteroatoms. The summed E-state index contributed by atoms with van der Waals surface area (Å²) in [5, 5.41) is 5.71. The summed E-state index contributed by atoms with van der Waals surface area (Å²) < 4.78 is 0. The largest absolute Gasteiger partial charge is 0.325 e. The Labute approximate surface area is 125 Å². The van der Waals surface area contributed by atoms with E-state index in [-0.39, 0.29) is 11.8 Å². The molecule has 0 unspecified atom stereocenters. The van der Waals surface area contributed by atoms with E-state index in [1.54, 1.807) is 6.07 Å². The second-order valence-corrected chi connectivity index (χ2v) is 6.84. The number of nitrogens with one attached hydrogen (secondary N) is 2. The van der Waals surface area contributed by atoms with Gasteiger partial charge in [-0.2, -0.15) is 0 Å². The summed E-state index contributed by atoms with van der Waals surface area (Å²) in [6.07, 6.45) is 1.44. The van der Waals surface area contributed by atoms with Crippen molar-refractivity contribution in [1.29, 1.82) is 0 Å². The molecule has 1 saturated carbocycles. The average Bonchev–Trinajstić information content (AvgIpc) is 3.11. The minimum Gasteiger partial charge on any atom is -0.325 e. The highest BCUT2D eigenvalue weighted by Gasteiger charge is 2.45. The van der Waals surface area contributed by atoms with Crippen molar-refractivity contribution < 1.29 is 9.59 Å². The van der Waals surface area contributed by atoms with Crippen LogP contribution in [-0.4, -0.2) is 17.4 Å². The normalized spacial score (nSPS) is 16.2. The van der Waals surface area contributed by atoms with Crippen molar-refractivity contribution in [2.45, 2.75) is 46.1 Å². The second kappa shape index (κ2) is 5.15. The number of carbonyl (C=O) groups is 2. The van der Waals surface area contributed by atoms with Gasteiger partial charge in [0.2, 0.25) is 11.8 Å². The highest BCUT2D eigenvalue weighted by atomic mass is 16.2. The number of hydrogen-bond acceptors (Lipinski definition) is 3. The van der Waals surface area contributed by atoms with Gasteiger partial charge in [0.1, 0.15) is 0 Å². The van der Waals surface area contributed by atoms with Gasteiger partial charge < -0.3 is 16.4 Å². The molecule has 2 amide bonds. The maximum atomic E-state index is 12.1. The van der Waals surface area contributed by atoms with Crippen LogP contribution in [0.3, 0.4) is 0 Å². The summed E-state index contributed by atoms with van der Waals surface area (Å²) >= 11 is 0. The van der Waals surface area contributed by atoms with Crippen LogP contribution in [0.15, 0.2) is 18.2 Å². The Kier molecular flexibility index (Phi) is 3.80. The molecule has 0 radical (unpaired) electrons. The first-order chi connectivity index (χ1) is 9.62. The number of hydrogen-bond donors (Lipinski definition) is 3. The minimum atomic E-state index is -0.709. The predicted octanol–water partition coefficient (Wildman–Crippen LogP) is 2.41. The molecule has 0 saturated heterocycles. The van der Waals surface area contributed by atoms with E-state index in [0.717, 1.165) is 18.4 Å². The first kappa shape index (κ1) is 15.5. The van der Waals surface area contributed by atoms with Gasteiger partial charge in [0.05, 0.1) is 5.54 Å². The first-order valence-corrected chi connectivity index (χ1v) is 7.14.